The summed E-state index contributed by atoms with van der Waals surface area (Å²) < 4.78 is 32.7. The van der Waals surface area contributed by atoms with Crippen LogP contribution >= 0.6 is 22.7 Å². The molecule has 0 aliphatic heterocycles. The molecule has 9 nitrogen and oxygen atoms in total. The van der Waals surface area contributed by atoms with E-state index in [-0.39, 0.29) is 31.7 Å². The maximum absolute atomic E-state index is 12.9. The van der Waals surface area contributed by atoms with Crippen molar-refractivity contribution in [2.75, 3.05) is 10.0 Å². The van der Waals surface area contributed by atoms with E-state index in [4.69, 9.17) is 9.84 Å². The van der Waals surface area contributed by atoms with Crippen LogP contribution in [0.4, 0.5) is 15.6 Å². The quantitative estimate of drug-likeness (QED) is 0.480. The van der Waals surface area contributed by atoms with Crippen LogP contribution in [0.25, 0.3) is 10.4 Å². The Morgan fingerprint density at radius 2 is 1.86 bits per heavy atom. The van der Waals surface area contributed by atoms with Crippen LogP contribution in [0, 0.1) is 6.92 Å². The zero-order chi connectivity index (χ0) is 21.2. The molecule has 0 saturated heterocycles. The van der Waals surface area contributed by atoms with Crippen molar-refractivity contribution in [3.63, 3.8) is 0 Å². The van der Waals surface area contributed by atoms with Crippen molar-refractivity contribution in [1.29, 1.82) is 0 Å². The molecule has 0 aliphatic carbocycles. The summed E-state index contributed by atoms with van der Waals surface area (Å²) in [5.41, 5.74) is 0.968. The molecule has 2 aromatic heterocycles. The number of carbonyl (C=O) groups is 2. The summed E-state index contributed by atoms with van der Waals surface area (Å²) in [6.07, 6.45) is -1.56. The lowest BCUT2D eigenvalue weighted by molar-refractivity contribution is -0.114. The number of nitrogens with zero attached hydrogens (tertiary/aromatic N) is 1. The molecule has 0 fully saturated rings. The maximum atomic E-state index is 12.9. The summed E-state index contributed by atoms with van der Waals surface area (Å²) >= 11 is 1.79. The van der Waals surface area contributed by atoms with Crippen LogP contribution in [0.2, 0.25) is 0 Å². The summed E-state index contributed by atoms with van der Waals surface area (Å²) in [6, 6.07) is 10.6. The molecular weight excluding hydrogens is 438 g/mol. The Kier molecular flexibility index (Phi) is 5.86. The van der Waals surface area contributed by atoms with Gasteiger partial charge in [-0.25, -0.2) is 18.2 Å². The zero-order valence-corrected chi connectivity index (χ0v) is 17.6. The highest BCUT2D eigenvalue weighted by molar-refractivity contribution is 7.94. The first-order chi connectivity index (χ1) is 13.7. The van der Waals surface area contributed by atoms with Crippen LogP contribution in [-0.4, -0.2) is 30.6 Å². The van der Waals surface area contributed by atoms with Crippen LogP contribution < -0.4 is 14.8 Å². The number of thiophene rings is 1. The SMILES string of the molecule is CC(=O)Nc1nc(C)c(S(=O)(=O)Nc2cc(-c3ccccc3)sc2OC(=O)O)s1. The van der Waals surface area contributed by atoms with E-state index >= 15 is 0 Å². The Bertz CT molecular complexity index is 1170. The van der Waals surface area contributed by atoms with Gasteiger partial charge in [0, 0.05) is 11.8 Å². The summed E-state index contributed by atoms with van der Waals surface area (Å²) in [6.45, 7) is 2.78. The molecule has 3 aromatic rings. The summed E-state index contributed by atoms with van der Waals surface area (Å²) in [4.78, 5) is 26.9. The summed E-state index contributed by atoms with van der Waals surface area (Å²) in [7, 11) is -4.10. The van der Waals surface area contributed by atoms with Gasteiger partial charge in [0.25, 0.3) is 10.0 Å². The number of hydrogen-bond acceptors (Lipinski definition) is 8. The molecule has 1 amide bonds. The predicted octanol–water partition coefficient (Wildman–Crippen LogP) is 4.00. The Morgan fingerprint density at radius 1 is 1.17 bits per heavy atom. The minimum atomic E-state index is -4.10. The average molecular weight is 454 g/mol. The average Bonchev–Trinajstić information content (AvgIpc) is 3.18. The number of aromatic nitrogens is 1. The maximum Gasteiger partial charge on any atom is 0.512 e. The van der Waals surface area contributed by atoms with Gasteiger partial charge in [0.15, 0.2) is 9.34 Å². The predicted molar refractivity (Wildman–Crippen MR) is 110 cm³/mol. The van der Waals surface area contributed by atoms with Gasteiger partial charge in [-0.2, -0.15) is 0 Å². The highest BCUT2D eigenvalue weighted by Gasteiger charge is 2.26. The van der Waals surface area contributed by atoms with Crippen molar-refractivity contribution in [3.8, 4) is 15.5 Å². The topological polar surface area (TPSA) is 135 Å². The zero-order valence-electron chi connectivity index (χ0n) is 15.1. The molecule has 0 aliphatic rings. The highest BCUT2D eigenvalue weighted by Crippen LogP contribution is 2.42. The summed E-state index contributed by atoms with van der Waals surface area (Å²) in [5, 5.41) is 11.5. The van der Waals surface area contributed by atoms with E-state index in [2.05, 4.69) is 15.0 Å². The third-order valence-corrected chi connectivity index (χ3v) is 7.57. The molecule has 0 unspecified atom stereocenters. The lowest BCUT2D eigenvalue weighted by Crippen LogP contribution is -2.13. The normalized spacial score (nSPS) is 11.1. The van der Waals surface area contributed by atoms with E-state index < -0.39 is 16.2 Å². The van der Waals surface area contributed by atoms with Gasteiger partial charge in [0.2, 0.25) is 11.0 Å². The monoisotopic (exact) mass is 453 g/mol. The van der Waals surface area contributed by atoms with Gasteiger partial charge in [-0.15, -0.1) is 0 Å². The van der Waals surface area contributed by atoms with E-state index in [0.29, 0.717) is 4.88 Å². The van der Waals surface area contributed by atoms with E-state index in [1.165, 1.54) is 19.9 Å². The lowest BCUT2D eigenvalue weighted by Gasteiger charge is -2.06. The number of anilines is 2. The number of hydrogen-bond donors (Lipinski definition) is 3. The van der Waals surface area contributed by atoms with Gasteiger partial charge in [-0.1, -0.05) is 53.0 Å². The molecule has 0 radical (unpaired) electrons. The van der Waals surface area contributed by atoms with Gasteiger partial charge < -0.3 is 15.2 Å². The second-order valence-corrected chi connectivity index (χ2v) is 9.62. The standard InChI is InChI=1S/C17H15N3O6S3/c1-9-15(28-16(18-9)19-10(2)21)29(24,25)20-12-8-13(11-6-4-3-5-7-11)27-14(12)26-17(22)23/h3-8,20H,1-2H3,(H,22,23)(H,18,19,21). The number of carboxylic acid groups (broad SMARTS) is 1. The number of nitrogens with one attached hydrogen (secondary N) is 2. The van der Waals surface area contributed by atoms with Gasteiger partial charge >= 0.3 is 6.16 Å². The Hall–Kier alpha value is -2.96. The van der Waals surface area contributed by atoms with E-state index in [0.717, 1.165) is 28.2 Å². The molecule has 0 saturated carbocycles. The number of rotatable bonds is 6. The van der Waals surface area contributed by atoms with Crippen LogP contribution in [0.3, 0.4) is 0 Å². The minimum Gasteiger partial charge on any atom is -0.449 e. The molecule has 3 N–H and O–H groups in total. The van der Waals surface area contributed by atoms with Crippen LogP contribution in [-0.2, 0) is 14.8 Å². The molecule has 3 rings (SSSR count). The fraction of sp³-hybridized carbons (Fsp3) is 0.118. The number of sulfonamides is 1. The molecule has 0 bridgehead atoms. The number of thiazole rings is 1. The van der Waals surface area contributed by atoms with Crippen LogP contribution in [0.15, 0.2) is 40.6 Å². The summed E-state index contributed by atoms with van der Waals surface area (Å²) in [5.74, 6) is -0.377. The van der Waals surface area contributed by atoms with Crippen molar-refractivity contribution in [2.45, 2.75) is 18.1 Å². The molecule has 0 spiro atoms. The Labute approximate surface area is 174 Å². The minimum absolute atomic E-state index is 0.00914. The second-order valence-electron chi connectivity index (χ2n) is 5.72. The van der Waals surface area contributed by atoms with E-state index in [9.17, 15) is 18.0 Å². The number of ether oxygens (including phenoxy) is 1. The Morgan fingerprint density at radius 3 is 2.48 bits per heavy atom. The van der Waals surface area contributed by atoms with Crippen LogP contribution in [0.1, 0.15) is 12.6 Å². The van der Waals surface area contributed by atoms with Crippen LogP contribution in [0.5, 0.6) is 5.06 Å². The first-order valence-electron chi connectivity index (χ1n) is 8.03. The molecule has 152 valence electrons. The van der Waals surface area contributed by atoms with E-state index in [1.54, 1.807) is 12.1 Å². The van der Waals surface area contributed by atoms with E-state index in [1.807, 2.05) is 18.2 Å². The molecule has 2 heterocycles. The highest BCUT2D eigenvalue weighted by atomic mass is 32.2. The van der Waals surface area contributed by atoms with Gasteiger partial charge in [0.05, 0.1) is 5.69 Å². The third-order valence-electron chi connectivity index (χ3n) is 3.46. The van der Waals surface area contributed by atoms with Crippen molar-refractivity contribution >= 4 is 55.6 Å². The van der Waals surface area contributed by atoms with Gasteiger partial charge in [0.1, 0.15) is 5.69 Å². The molecule has 0 atom stereocenters. The number of carbonyl (C=O) groups excluding carboxylic acids is 1. The third kappa shape index (κ3) is 4.91. The van der Waals surface area contributed by atoms with Crippen molar-refractivity contribution in [2.24, 2.45) is 0 Å². The molecule has 12 heteroatoms. The van der Waals surface area contributed by atoms with Crippen molar-refractivity contribution < 1.29 is 27.9 Å². The number of aryl methyl sites for hydroxylation is 1. The van der Waals surface area contributed by atoms with Crippen molar-refractivity contribution in [3.05, 3.63) is 42.1 Å². The second kappa shape index (κ2) is 8.19. The Balaban J connectivity index is 1.97. The fourth-order valence-electron chi connectivity index (χ4n) is 2.37. The number of amides is 1. The molecule has 29 heavy (non-hydrogen) atoms. The molecule has 1 aromatic carbocycles. The molecular formula is C17H15N3O6S3. The first-order valence-corrected chi connectivity index (χ1v) is 11.1. The number of benzene rings is 1. The lowest BCUT2D eigenvalue weighted by atomic mass is 10.2. The van der Waals surface area contributed by atoms with Crippen molar-refractivity contribution in [1.82, 2.24) is 4.98 Å². The van der Waals surface area contributed by atoms with Gasteiger partial charge in [-0.3, -0.25) is 9.52 Å². The van der Waals surface area contributed by atoms with Gasteiger partial charge in [-0.05, 0) is 18.6 Å². The first kappa shape index (κ1) is 20.8. The smallest absolute Gasteiger partial charge is 0.449 e. The fourth-order valence-corrected chi connectivity index (χ4v) is 5.92. The largest absolute Gasteiger partial charge is 0.512 e.